The SMILES string of the molecule is CN(CC(C)(C)C)C(CN)c1cnn(-c2ccccc2)c1. The van der Waals surface area contributed by atoms with E-state index in [0.717, 1.165) is 17.8 Å². The van der Waals surface area contributed by atoms with E-state index in [1.165, 1.54) is 0 Å². The minimum Gasteiger partial charge on any atom is -0.329 e. The van der Waals surface area contributed by atoms with Crippen molar-refractivity contribution in [3.05, 3.63) is 48.3 Å². The van der Waals surface area contributed by atoms with Gasteiger partial charge in [0.1, 0.15) is 0 Å². The van der Waals surface area contributed by atoms with E-state index in [9.17, 15) is 0 Å². The van der Waals surface area contributed by atoms with E-state index in [-0.39, 0.29) is 11.5 Å². The Morgan fingerprint density at radius 1 is 1.24 bits per heavy atom. The number of hydrogen-bond acceptors (Lipinski definition) is 3. The molecule has 21 heavy (non-hydrogen) atoms. The zero-order chi connectivity index (χ0) is 15.5. The van der Waals surface area contributed by atoms with Crippen LogP contribution < -0.4 is 5.73 Å². The Labute approximate surface area is 127 Å². The summed E-state index contributed by atoms with van der Waals surface area (Å²) >= 11 is 0. The second kappa shape index (κ2) is 6.41. The van der Waals surface area contributed by atoms with Crippen molar-refractivity contribution in [3.8, 4) is 5.69 Å². The highest BCUT2D eigenvalue weighted by atomic mass is 15.3. The molecule has 0 radical (unpaired) electrons. The molecule has 0 fully saturated rings. The Morgan fingerprint density at radius 3 is 2.48 bits per heavy atom. The fourth-order valence-electron chi connectivity index (χ4n) is 2.66. The maximum absolute atomic E-state index is 5.99. The van der Waals surface area contributed by atoms with Crippen molar-refractivity contribution in [2.24, 2.45) is 11.1 Å². The van der Waals surface area contributed by atoms with Crippen LogP contribution in [-0.2, 0) is 0 Å². The number of benzene rings is 1. The molecule has 114 valence electrons. The van der Waals surface area contributed by atoms with Gasteiger partial charge in [-0.15, -0.1) is 0 Å². The molecular formula is C17H26N4. The van der Waals surface area contributed by atoms with Crippen LogP contribution in [0.4, 0.5) is 0 Å². The summed E-state index contributed by atoms with van der Waals surface area (Å²) in [7, 11) is 2.13. The lowest BCUT2D eigenvalue weighted by Gasteiger charge is -2.32. The van der Waals surface area contributed by atoms with Gasteiger partial charge in [0, 0.05) is 30.9 Å². The van der Waals surface area contributed by atoms with E-state index in [4.69, 9.17) is 5.73 Å². The standard InChI is InChI=1S/C17H26N4/c1-17(2,3)13-20(4)16(10-18)14-11-19-21(12-14)15-8-6-5-7-9-15/h5-9,11-12,16H,10,13,18H2,1-4H3. The first kappa shape index (κ1) is 15.7. The van der Waals surface area contributed by atoms with Gasteiger partial charge in [0.2, 0.25) is 0 Å². The molecule has 4 nitrogen and oxygen atoms in total. The largest absolute Gasteiger partial charge is 0.329 e. The molecule has 0 spiro atoms. The smallest absolute Gasteiger partial charge is 0.0645 e. The van der Waals surface area contributed by atoms with E-state index in [1.807, 2.05) is 41.2 Å². The molecule has 2 rings (SSSR count). The van der Waals surface area contributed by atoms with Gasteiger partial charge < -0.3 is 5.73 Å². The van der Waals surface area contributed by atoms with Crippen LogP contribution in [0.5, 0.6) is 0 Å². The Bertz CT molecular complexity index is 554. The summed E-state index contributed by atoms with van der Waals surface area (Å²) in [6.45, 7) is 8.30. The second-order valence-corrected chi connectivity index (χ2v) is 6.78. The Hall–Kier alpha value is -1.65. The molecule has 4 heteroatoms. The van der Waals surface area contributed by atoms with Gasteiger partial charge in [0.25, 0.3) is 0 Å². The molecule has 0 amide bonds. The molecule has 0 aliphatic rings. The molecule has 2 N–H and O–H groups in total. The molecule has 1 heterocycles. The molecular weight excluding hydrogens is 260 g/mol. The fraction of sp³-hybridized carbons (Fsp3) is 0.471. The van der Waals surface area contributed by atoms with Crippen molar-refractivity contribution in [2.75, 3.05) is 20.1 Å². The Morgan fingerprint density at radius 2 is 1.90 bits per heavy atom. The molecule has 1 aromatic carbocycles. The van der Waals surface area contributed by atoms with Crippen molar-refractivity contribution >= 4 is 0 Å². The lowest BCUT2D eigenvalue weighted by Crippen LogP contribution is -2.36. The average molecular weight is 286 g/mol. The summed E-state index contributed by atoms with van der Waals surface area (Å²) < 4.78 is 1.91. The number of nitrogens with two attached hydrogens (primary N) is 1. The number of likely N-dealkylation sites (N-methyl/N-ethyl adjacent to an activating group) is 1. The van der Waals surface area contributed by atoms with Gasteiger partial charge >= 0.3 is 0 Å². The number of nitrogens with zero attached hydrogens (tertiary/aromatic N) is 3. The van der Waals surface area contributed by atoms with Gasteiger partial charge in [-0.05, 0) is 24.6 Å². The van der Waals surface area contributed by atoms with Crippen LogP contribution in [0.2, 0.25) is 0 Å². The third-order valence-corrected chi connectivity index (χ3v) is 3.49. The molecule has 0 aliphatic carbocycles. The normalized spacial score (nSPS) is 13.6. The molecule has 0 saturated heterocycles. The highest BCUT2D eigenvalue weighted by Crippen LogP contribution is 2.23. The summed E-state index contributed by atoms with van der Waals surface area (Å²) in [5.41, 5.74) is 8.47. The minimum absolute atomic E-state index is 0.196. The van der Waals surface area contributed by atoms with Gasteiger partial charge in [-0.25, -0.2) is 4.68 Å². The van der Waals surface area contributed by atoms with Crippen LogP contribution >= 0.6 is 0 Å². The number of para-hydroxylation sites is 1. The topological polar surface area (TPSA) is 47.1 Å². The van der Waals surface area contributed by atoms with Gasteiger partial charge in [-0.1, -0.05) is 39.0 Å². The zero-order valence-corrected chi connectivity index (χ0v) is 13.5. The maximum atomic E-state index is 5.99. The van der Waals surface area contributed by atoms with E-state index in [1.54, 1.807) is 0 Å². The molecule has 1 atom stereocenters. The number of hydrogen-bond donors (Lipinski definition) is 1. The molecule has 0 bridgehead atoms. The van der Waals surface area contributed by atoms with Crippen LogP contribution in [0.1, 0.15) is 32.4 Å². The predicted molar refractivity (Wildman–Crippen MR) is 87.4 cm³/mol. The van der Waals surface area contributed by atoms with E-state index in [2.05, 4.69) is 44.0 Å². The second-order valence-electron chi connectivity index (χ2n) is 6.78. The highest BCUT2D eigenvalue weighted by molar-refractivity contribution is 5.31. The predicted octanol–water partition coefficient (Wildman–Crippen LogP) is 2.85. The minimum atomic E-state index is 0.196. The van der Waals surface area contributed by atoms with Crippen LogP contribution in [0.25, 0.3) is 5.69 Å². The average Bonchev–Trinajstić information content (AvgIpc) is 2.88. The Balaban J connectivity index is 2.18. The van der Waals surface area contributed by atoms with Crippen molar-refractivity contribution in [2.45, 2.75) is 26.8 Å². The maximum Gasteiger partial charge on any atom is 0.0645 e. The van der Waals surface area contributed by atoms with Crippen molar-refractivity contribution in [3.63, 3.8) is 0 Å². The first-order valence-electron chi connectivity index (χ1n) is 7.41. The lowest BCUT2D eigenvalue weighted by atomic mass is 9.95. The summed E-state index contributed by atoms with van der Waals surface area (Å²) in [6, 6.07) is 10.3. The first-order valence-corrected chi connectivity index (χ1v) is 7.41. The number of rotatable bonds is 5. The quantitative estimate of drug-likeness (QED) is 0.919. The van der Waals surface area contributed by atoms with E-state index < -0.39 is 0 Å². The van der Waals surface area contributed by atoms with Crippen LogP contribution in [-0.4, -0.2) is 34.8 Å². The van der Waals surface area contributed by atoms with Crippen LogP contribution in [0.15, 0.2) is 42.7 Å². The fourth-order valence-corrected chi connectivity index (χ4v) is 2.66. The molecule has 0 aliphatic heterocycles. The lowest BCUT2D eigenvalue weighted by molar-refractivity contribution is 0.175. The van der Waals surface area contributed by atoms with E-state index in [0.29, 0.717) is 6.54 Å². The number of aromatic nitrogens is 2. The Kier molecular flexibility index (Phi) is 4.80. The third kappa shape index (κ3) is 4.16. The first-order chi connectivity index (χ1) is 9.90. The molecule has 1 aromatic heterocycles. The van der Waals surface area contributed by atoms with Crippen LogP contribution in [0, 0.1) is 5.41 Å². The molecule has 2 aromatic rings. The van der Waals surface area contributed by atoms with Crippen molar-refractivity contribution in [1.29, 1.82) is 0 Å². The summed E-state index contributed by atoms with van der Waals surface area (Å²) in [5.74, 6) is 0. The van der Waals surface area contributed by atoms with Crippen molar-refractivity contribution < 1.29 is 0 Å². The molecule has 0 saturated carbocycles. The van der Waals surface area contributed by atoms with Gasteiger partial charge in [0.05, 0.1) is 11.9 Å². The van der Waals surface area contributed by atoms with Crippen LogP contribution in [0.3, 0.4) is 0 Å². The van der Waals surface area contributed by atoms with E-state index >= 15 is 0 Å². The van der Waals surface area contributed by atoms with Gasteiger partial charge in [0.15, 0.2) is 0 Å². The van der Waals surface area contributed by atoms with Gasteiger partial charge in [-0.2, -0.15) is 5.10 Å². The zero-order valence-electron chi connectivity index (χ0n) is 13.5. The summed E-state index contributed by atoms with van der Waals surface area (Å²) in [4.78, 5) is 2.31. The van der Waals surface area contributed by atoms with Crippen molar-refractivity contribution in [1.82, 2.24) is 14.7 Å². The summed E-state index contributed by atoms with van der Waals surface area (Å²) in [5, 5.41) is 4.47. The molecule has 1 unspecified atom stereocenters. The summed E-state index contributed by atoms with van der Waals surface area (Å²) in [6.07, 6.45) is 4.00. The van der Waals surface area contributed by atoms with Gasteiger partial charge in [-0.3, -0.25) is 4.90 Å². The highest BCUT2D eigenvalue weighted by Gasteiger charge is 2.22. The monoisotopic (exact) mass is 286 g/mol. The third-order valence-electron chi connectivity index (χ3n) is 3.49.